The number of benzene rings is 1. The molecule has 1 fully saturated rings. The van der Waals surface area contributed by atoms with Gasteiger partial charge in [0.15, 0.2) is 0 Å². The van der Waals surface area contributed by atoms with E-state index in [2.05, 4.69) is 12.2 Å². The van der Waals surface area contributed by atoms with E-state index >= 15 is 0 Å². The second-order valence-corrected chi connectivity index (χ2v) is 5.08. The van der Waals surface area contributed by atoms with Crippen LogP contribution in [-0.2, 0) is 4.79 Å². The lowest BCUT2D eigenvalue weighted by Crippen LogP contribution is -2.52. The van der Waals surface area contributed by atoms with Gasteiger partial charge in [-0.1, -0.05) is 23.7 Å². The lowest BCUT2D eigenvalue weighted by atomic mass is 10.2. The molecule has 1 atom stereocenters. The number of hydrogen-bond acceptors (Lipinski definition) is 3. The second kappa shape index (κ2) is 6.78. The summed E-state index contributed by atoms with van der Waals surface area (Å²) >= 11 is 5.98. The summed E-state index contributed by atoms with van der Waals surface area (Å²) in [5.74, 6) is 0.770. The molecule has 5 heteroatoms. The van der Waals surface area contributed by atoms with E-state index in [1.54, 1.807) is 12.1 Å². The van der Waals surface area contributed by atoms with Crippen LogP contribution in [0.4, 0.5) is 0 Å². The molecule has 1 heterocycles. The lowest BCUT2D eigenvalue weighted by molar-refractivity contribution is -0.134. The Morgan fingerprint density at radius 3 is 3.05 bits per heavy atom. The highest BCUT2D eigenvalue weighted by Crippen LogP contribution is 2.23. The Hall–Kier alpha value is -1.26. The summed E-state index contributed by atoms with van der Waals surface area (Å²) in [7, 11) is 0. The molecule has 0 aromatic heterocycles. The summed E-state index contributed by atoms with van der Waals surface area (Å²) in [6, 6.07) is 7.54. The molecule has 1 aromatic carbocycles. The van der Waals surface area contributed by atoms with E-state index in [1.807, 2.05) is 17.0 Å². The summed E-state index contributed by atoms with van der Waals surface area (Å²) in [6.07, 6.45) is 0.384. The molecule has 1 saturated heterocycles. The number of piperazine rings is 1. The van der Waals surface area contributed by atoms with Crippen molar-refractivity contribution >= 4 is 17.5 Å². The van der Waals surface area contributed by atoms with E-state index < -0.39 is 0 Å². The van der Waals surface area contributed by atoms with Crippen molar-refractivity contribution in [2.75, 3.05) is 26.2 Å². The van der Waals surface area contributed by atoms with Crippen molar-refractivity contribution < 1.29 is 9.53 Å². The van der Waals surface area contributed by atoms with Gasteiger partial charge >= 0.3 is 0 Å². The number of ether oxygens (including phenoxy) is 1. The zero-order chi connectivity index (χ0) is 13.7. The molecule has 1 unspecified atom stereocenters. The summed E-state index contributed by atoms with van der Waals surface area (Å²) in [5, 5.41) is 3.84. The predicted octanol–water partition coefficient (Wildman–Crippen LogP) is 1.93. The van der Waals surface area contributed by atoms with Crippen LogP contribution in [0.3, 0.4) is 0 Å². The maximum absolute atomic E-state index is 12.1. The van der Waals surface area contributed by atoms with Crippen molar-refractivity contribution in [2.24, 2.45) is 0 Å². The van der Waals surface area contributed by atoms with Gasteiger partial charge in [0.05, 0.1) is 18.1 Å². The molecule has 0 radical (unpaired) electrons. The van der Waals surface area contributed by atoms with Gasteiger partial charge in [0.25, 0.3) is 0 Å². The first-order valence-corrected chi connectivity index (χ1v) is 6.94. The largest absolute Gasteiger partial charge is 0.491 e. The number of para-hydroxylation sites is 1. The van der Waals surface area contributed by atoms with Crippen molar-refractivity contribution in [3.63, 3.8) is 0 Å². The van der Waals surface area contributed by atoms with Gasteiger partial charge < -0.3 is 15.0 Å². The second-order valence-electron chi connectivity index (χ2n) is 4.67. The molecule has 104 valence electrons. The molecule has 4 nitrogen and oxygen atoms in total. The molecule has 1 N–H and O–H groups in total. The minimum Gasteiger partial charge on any atom is -0.491 e. The van der Waals surface area contributed by atoms with E-state index in [1.165, 1.54) is 0 Å². The van der Waals surface area contributed by atoms with Crippen LogP contribution < -0.4 is 10.1 Å². The molecule has 0 spiro atoms. The van der Waals surface area contributed by atoms with Gasteiger partial charge in [0.2, 0.25) is 5.91 Å². The Balaban J connectivity index is 1.79. The maximum atomic E-state index is 12.1. The van der Waals surface area contributed by atoms with Gasteiger partial charge in [-0.2, -0.15) is 0 Å². The molecule has 1 aliphatic rings. The Kier molecular flexibility index (Phi) is 5.05. The highest BCUT2D eigenvalue weighted by Gasteiger charge is 2.22. The van der Waals surface area contributed by atoms with Crippen LogP contribution >= 0.6 is 11.6 Å². The molecule has 1 aliphatic heterocycles. The SMILES string of the molecule is CC1CNCCN1C(=O)CCOc1ccccc1Cl. The van der Waals surface area contributed by atoms with Crippen LogP contribution in [0.2, 0.25) is 5.02 Å². The molecule has 19 heavy (non-hydrogen) atoms. The van der Waals surface area contributed by atoms with E-state index in [0.717, 1.165) is 19.6 Å². The van der Waals surface area contributed by atoms with Crippen LogP contribution in [0.15, 0.2) is 24.3 Å². The number of carbonyl (C=O) groups is 1. The van der Waals surface area contributed by atoms with Gasteiger partial charge in [-0.15, -0.1) is 0 Å². The van der Waals surface area contributed by atoms with Gasteiger partial charge in [0, 0.05) is 25.7 Å². The highest BCUT2D eigenvalue weighted by atomic mass is 35.5. The van der Waals surface area contributed by atoms with Crippen molar-refractivity contribution in [3.8, 4) is 5.75 Å². The van der Waals surface area contributed by atoms with Crippen LogP contribution in [-0.4, -0.2) is 43.1 Å². The number of nitrogens with zero attached hydrogens (tertiary/aromatic N) is 1. The first kappa shape index (κ1) is 14.2. The summed E-state index contributed by atoms with van der Waals surface area (Å²) in [6.45, 7) is 4.91. The molecule has 0 saturated carbocycles. The highest BCUT2D eigenvalue weighted by molar-refractivity contribution is 6.32. The fourth-order valence-electron chi connectivity index (χ4n) is 2.17. The average molecular weight is 283 g/mol. The molecular formula is C14H19ClN2O2. The fraction of sp³-hybridized carbons (Fsp3) is 0.500. The number of rotatable bonds is 4. The number of halogens is 1. The average Bonchev–Trinajstić information content (AvgIpc) is 2.41. The molecular weight excluding hydrogens is 264 g/mol. The van der Waals surface area contributed by atoms with E-state index in [4.69, 9.17) is 16.3 Å². The third kappa shape index (κ3) is 3.85. The standard InChI is InChI=1S/C14H19ClN2O2/c1-11-10-16-7-8-17(11)14(18)6-9-19-13-5-3-2-4-12(13)15/h2-5,11,16H,6-10H2,1H3. The lowest BCUT2D eigenvalue weighted by Gasteiger charge is -2.34. The van der Waals surface area contributed by atoms with Gasteiger partial charge in [-0.25, -0.2) is 0 Å². The number of hydrogen-bond donors (Lipinski definition) is 1. The van der Waals surface area contributed by atoms with Gasteiger partial charge in [0.1, 0.15) is 5.75 Å². The van der Waals surface area contributed by atoms with Crippen molar-refractivity contribution in [2.45, 2.75) is 19.4 Å². The fourth-order valence-corrected chi connectivity index (χ4v) is 2.36. The van der Waals surface area contributed by atoms with Crippen LogP contribution in [0.1, 0.15) is 13.3 Å². The number of carbonyl (C=O) groups excluding carboxylic acids is 1. The van der Waals surface area contributed by atoms with Crippen LogP contribution in [0.5, 0.6) is 5.75 Å². The third-order valence-electron chi connectivity index (χ3n) is 3.23. The van der Waals surface area contributed by atoms with Gasteiger partial charge in [-0.3, -0.25) is 4.79 Å². The quantitative estimate of drug-likeness (QED) is 0.917. The number of amides is 1. The Morgan fingerprint density at radius 2 is 2.32 bits per heavy atom. The zero-order valence-corrected chi connectivity index (χ0v) is 11.8. The molecule has 0 aliphatic carbocycles. The Morgan fingerprint density at radius 1 is 1.53 bits per heavy atom. The summed E-state index contributed by atoms with van der Waals surface area (Å²) in [5.41, 5.74) is 0. The monoisotopic (exact) mass is 282 g/mol. The smallest absolute Gasteiger partial charge is 0.226 e. The summed E-state index contributed by atoms with van der Waals surface area (Å²) in [4.78, 5) is 14.0. The van der Waals surface area contributed by atoms with Crippen LogP contribution in [0.25, 0.3) is 0 Å². The zero-order valence-electron chi connectivity index (χ0n) is 11.1. The van der Waals surface area contributed by atoms with E-state index in [-0.39, 0.29) is 11.9 Å². The predicted molar refractivity (Wildman–Crippen MR) is 75.6 cm³/mol. The third-order valence-corrected chi connectivity index (χ3v) is 3.54. The normalized spacial score (nSPS) is 19.3. The number of nitrogens with one attached hydrogen (secondary N) is 1. The van der Waals surface area contributed by atoms with E-state index in [9.17, 15) is 4.79 Å². The molecule has 1 aromatic rings. The van der Waals surface area contributed by atoms with Crippen LogP contribution in [0, 0.1) is 0 Å². The maximum Gasteiger partial charge on any atom is 0.226 e. The molecule has 1 amide bonds. The van der Waals surface area contributed by atoms with Crippen molar-refractivity contribution in [3.05, 3.63) is 29.3 Å². The van der Waals surface area contributed by atoms with Crippen molar-refractivity contribution in [1.82, 2.24) is 10.2 Å². The first-order chi connectivity index (χ1) is 9.18. The Labute approximate surface area is 118 Å². The van der Waals surface area contributed by atoms with Crippen molar-refractivity contribution in [1.29, 1.82) is 0 Å². The molecule has 2 rings (SSSR count). The minimum absolute atomic E-state index is 0.140. The topological polar surface area (TPSA) is 41.6 Å². The van der Waals surface area contributed by atoms with Gasteiger partial charge in [-0.05, 0) is 19.1 Å². The first-order valence-electron chi connectivity index (χ1n) is 6.56. The Bertz CT molecular complexity index is 439. The summed E-state index contributed by atoms with van der Waals surface area (Å²) < 4.78 is 5.54. The van der Waals surface area contributed by atoms with E-state index in [0.29, 0.717) is 23.8 Å². The minimum atomic E-state index is 0.140. The molecule has 0 bridgehead atoms.